The molecule has 2 aliphatic rings. The largest absolute Gasteiger partial charge is 0.468 e. The van der Waals surface area contributed by atoms with Gasteiger partial charge in [0.05, 0.1) is 24.5 Å². The van der Waals surface area contributed by atoms with Crippen LogP contribution in [0.3, 0.4) is 0 Å². The van der Waals surface area contributed by atoms with Crippen LogP contribution in [0.1, 0.15) is 17.0 Å². The maximum absolute atomic E-state index is 14.2. The van der Waals surface area contributed by atoms with Gasteiger partial charge in [0.1, 0.15) is 11.0 Å². The number of hydrogen-bond acceptors (Lipinski definition) is 5. The number of ether oxygens (including phenoxy) is 1. The number of aromatic nitrogens is 2. The van der Waals surface area contributed by atoms with E-state index in [0.29, 0.717) is 17.3 Å². The number of carbonyl (C=O) groups is 2. The van der Waals surface area contributed by atoms with Gasteiger partial charge in [-0.1, -0.05) is 60.1 Å². The van der Waals surface area contributed by atoms with Gasteiger partial charge in [-0.3, -0.25) is 14.5 Å². The Balaban J connectivity index is 1.70. The first kappa shape index (κ1) is 22.8. The minimum absolute atomic E-state index is 0.169. The van der Waals surface area contributed by atoms with E-state index < -0.39 is 22.8 Å². The molecule has 0 radical (unpaired) electrons. The monoisotopic (exact) mass is 500 g/mol. The van der Waals surface area contributed by atoms with Crippen LogP contribution in [-0.2, 0) is 26.4 Å². The number of amides is 1. The zero-order valence-corrected chi connectivity index (χ0v) is 20.7. The molecule has 0 bridgehead atoms. The summed E-state index contributed by atoms with van der Waals surface area (Å²) in [5, 5.41) is 3.60. The number of esters is 1. The topological polar surface area (TPSA) is 76.5 Å². The summed E-state index contributed by atoms with van der Waals surface area (Å²) in [7, 11) is 3.27. The summed E-state index contributed by atoms with van der Waals surface area (Å²) >= 11 is 6.75. The Morgan fingerprint density at radius 3 is 2.64 bits per heavy atom. The number of imidazole rings is 1. The van der Waals surface area contributed by atoms with Crippen LogP contribution in [0.4, 0.5) is 5.69 Å². The van der Waals surface area contributed by atoms with Crippen molar-refractivity contribution in [3.05, 3.63) is 95.3 Å². The number of anilines is 1. The lowest BCUT2D eigenvalue weighted by atomic mass is 9.60. The van der Waals surface area contributed by atoms with E-state index in [1.165, 1.54) is 7.11 Å². The summed E-state index contributed by atoms with van der Waals surface area (Å²) in [6.07, 6.45) is 1.73. The maximum Gasteiger partial charge on any atom is 0.317 e. The van der Waals surface area contributed by atoms with Crippen LogP contribution in [0.15, 0.2) is 79.1 Å². The lowest BCUT2D eigenvalue weighted by molar-refractivity contribution is -0.165. The van der Waals surface area contributed by atoms with Crippen molar-refractivity contribution in [2.24, 2.45) is 5.41 Å². The van der Waals surface area contributed by atoms with E-state index in [1.54, 1.807) is 6.33 Å². The summed E-state index contributed by atoms with van der Waals surface area (Å²) in [6.45, 7) is 0.593. The highest BCUT2D eigenvalue weighted by atomic mass is 35.5. The molecule has 0 aliphatic carbocycles. The fourth-order valence-electron chi connectivity index (χ4n) is 6.51. The molecule has 0 saturated carbocycles. The molecule has 1 saturated heterocycles. The van der Waals surface area contributed by atoms with Gasteiger partial charge in [-0.25, -0.2) is 4.98 Å². The Morgan fingerprint density at radius 1 is 1.11 bits per heavy atom. The number of benzene rings is 3. The van der Waals surface area contributed by atoms with Crippen LogP contribution in [0.25, 0.3) is 11.0 Å². The van der Waals surface area contributed by atoms with Gasteiger partial charge in [0, 0.05) is 35.3 Å². The highest BCUT2D eigenvalue weighted by Gasteiger charge is 2.74. The van der Waals surface area contributed by atoms with Crippen LogP contribution >= 0.6 is 11.6 Å². The minimum atomic E-state index is -1.36. The highest BCUT2D eigenvalue weighted by molar-refractivity contribution is 6.31. The molecular weight excluding hydrogens is 476 g/mol. The van der Waals surface area contributed by atoms with E-state index in [0.717, 1.165) is 22.2 Å². The molecule has 3 atom stereocenters. The van der Waals surface area contributed by atoms with Gasteiger partial charge in [0.2, 0.25) is 0 Å². The van der Waals surface area contributed by atoms with Crippen LogP contribution in [-0.4, -0.2) is 47.0 Å². The van der Waals surface area contributed by atoms with Gasteiger partial charge >= 0.3 is 5.97 Å². The summed E-state index contributed by atoms with van der Waals surface area (Å²) in [4.78, 5) is 34.9. The third-order valence-electron chi connectivity index (χ3n) is 7.94. The quantitative estimate of drug-likeness (QED) is 0.420. The normalized spacial score (nSPS) is 25.3. The SMILES string of the molecule is COC(=O)[C@@]1(Cn2cnc3ccccc32)[C@H](c2ccccc2Cl)CN(C)[C@]12C(=O)Nc1ccccc12. The predicted molar refractivity (Wildman–Crippen MR) is 138 cm³/mol. The second-order valence-electron chi connectivity index (χ2n) is 9.49. The number of carbonyl (C=O) groups excluding carboxylic acids is 2. The molecule has 1 spiro atoms. The van der Waals surface area contributed by atoms with E-state index in [2.05, 4.69) is 10.3 Å². The van der Waals surface area contributed by atoms with Crippen molar-refractivity contribution in [3.8, 4) is 0 Å². The van der Waals surface area contributed by atoms with Crippen LogP contribution in [0, 0.1) is 5.41 Å². The second-order valence-corrected chi connectivity index (χ2v) is 9.90. The molecule has 3 aromatic carbocycles. The number of nitrogens with one attached hydrogen (secondary N) is 1. The molecule has 182 valence electrons. The number of halogens is 1. The standard InChI is InChI=1S/C28H25ClN4O3/c1-32-15-20(18-9-3-5-11-21(18)29)27(26(35)36-2,16-33-17-30-23-13-7-8-14-24(23)33)28(32)19-10-4-6-12-22(19)31-25(28)34/h3-14,17,20H,15-16H2,1-2H3,(H,31,34)/t20-,27+,28+/m0/s1. The number of methoxy groups -OCH3 is 1. The van der Waals surface area contributed by atoms with E-state index in [1.807, 2.05) is 89.3 Å². The Hall–Kier alpha value is -3.68. The summed E-state index contributed by atoms with van der Waals surface area (Å²) in [5.41, 5.74) is 1.24. The van der Waals surface area contributed by atoms with Gasteiger partial charge in [-0.2, -0.15) is 0 Å². The zero-order chi connectivity index (χ0) is 25.1. The predicted octanol–water partition coefficient (Wildman–Crippen LogP) is 4.43. The summed E-state index contributed by atoms with van der Waals surface area (Å²) in [6, 6.07) is 22.8. The fraction of sp³-hybridized carbons (Fsp3) is 0.250. The van der Waals surface area contributed by atoms with Gasteiger partial charge in [0.15, 0.2) is 0 Å². The Morgan fingerprint density at radius 2 is 1.83 bits per heavy atom. The van der Waals surface area contributed by atoms with Gasteiger partial charge in [-0.15, -0.1) is 0 Å². The Labute approximate surface area is 213 Å². The molecule has 1 aromatic heterocycles. The van der Waals surface area contributed by atoms with Crippen molar-refractivity contribution in [1.82, 2.24) is 14.5 Å². The number of rotatable bonds is 4. The lowest BCUT2D eigenvalue weighted by Gasteiger charge is -2.45. The number of likely N-dealkylation sites (tertiary alicyclic amines) is 1. The fourth-order valence-corrected chi connectivity index (χ4v) is 6.78. The van der Waals surface area contributed by atoms with Gasteiger partial charge < -0.3 is 14.6 Å². The molecular formula is C28H25ClN4O3. The molecule has 3 heterocycles. The number of nitrogens with zero attached hydrogens (tertiary/aromatic N) is 3. The van der Waals surface area contributed by atoms with Crippen molar-refractivity contribution in [3.63, 3.8) is 0 Å². The summed E-state index contributed by atoms with van der Waals surface area (Å²) < 4.78 is 7.52. The number of hydrogen-bond donors (Lipinski definition) is 1. The molecule has 36 heavy (non-hydrogen) atoms. The van der Waals surface area contributed by atoms with E-state index >= 15 is 0 Å². The third kappa shape index (κ3) is 2.81. The van der Waals surface area contributed by atoms with Crippen LogP contribution in [0.2, 0.25) is 5.02 Å². The smallest absolute Gasteiger partial charge is 0.317 e. The molecule has 1 N–H and O–H groups in total. The first-order valence-electron chi connectivity index (χ1n) is 11.8. The number of likely N-dealkylation sites (N-methyl/N-ethyl adjacent to an activating group) is 1. The van der Waals surface area contributed by atoms with E-state index in [4.69, 9.17) is 16.3 Å². The van der Waals surface area contributed by atoms with Crippen molar-refractivity contribution < 1.29 is 14.3 Å². The second kappa shape index (κ2) is 8.18. The van der Waals surface area contributed by atoms with Crippen molar-refractivity contribution in [2.45, 2.75) is 18.0 Å². The molecule has 2 aliphatic heterocycles. The van der Waals surface area contributed by atoms with E-state index in [-0.39, 0.29) is 12.5 Å². The van der Waals surface area contributed by atoms with Crippen molar-refractivity contribution >= 4 is 40.2 Å². The molecule has 0 unspecified atom stereocenters. The third-order valence-corrected chi connectivity index (χ3v) is 8.28. The molecule has 6 rings (SSSR count). The molecule has 1 amide bonds. The maximum atomic E-state index is 14.2. The van der Waals surface area contributed by atoms with Gasteiger partial charge in [-0.05, 0) is 36.9 Å². The average molecular weight is 501 g/mol. The molecule has 7 nitrogen and oxygen atoms in total. The van der Waals surface area contributed by atoms with Gasteiger partial charge in [0.25, 0.3) is 5.91 Å². The Kier molecular flexibility index (Phi) is 5.17. The molecule has 8 heteroatoms. The Bertz CT molecular complexity index is 1520. The number of fused-ring (bicyclic) bond motifs is 3. The number of para-hydroxylation sites is 3. The lowest BCUT2D eigenvalue weighted by Crippen LogP contribution is -2.60. The van der Waals surface area contributed by atoms with Crippen molar-refractivity contribution in [2.75, 3.05) is 26.0 Å². The van der Waals surface area contributed by atoms with Crippen molar-refractivity contribution in [1.29, 1.82) is 0 Å². The molecule has 1 fully saturated rings. The minimum Gasteiger partial charge on any atom is -0.468 e. The van der Waals surface area contributed by atoms with E-state index in [9.17, 15) is 9.59 Å². The van der Waals surface area contributed by atoms with Crippen LogP contribution < -0.4 is 5.32 Å². The molecule has 4 aromatic rings. The average Bonchev–Trinajstić information content (AvgIpc) is 3.52. The highest BCUT2D eigenvalue weighted by Crippen LogP contribution is 2.63. The summed E-state index contributed by atoms with van der Waals surface area (Å²) in [5.74, 6) is -1.17. The van der Waals surface area contributed by atoms with Crippen LogP contribution in [0.5, 0.6) is 0 Å². The first-order valence-corrected chi connectivity index (χ1v) is 12.2. The zero-order valence-electron chi connectivity index (χ0n) is 19.9. The first-order chi connectivity index (χ1) is 17.4.